The number of aromatic nitrogens is 1. The molecule has 5 heteroatoms. The lowest BCUT2D eigenvalue weighted by Crippen LogP contribution is -2.33. The van der Waals surface area contributed by atoms with E-state index in [2.05, 4.69) is 15.6 Å². The van der Waals surface area contributed by atoms with Gasteiger partial charge in [0.2, 0.25) is 0 Å². The number of aryl methyl sites for hydroxylation is 1. The van der Waals surface area contributed by atoms with Gasteiger partial charge in [-0.1, -0.05) is 42.8 Å². The van der Waals surface area contributed by atoms with E-state index >= 15 is 0 Å². The molecule has 2 amide bonds. The third kappa shape index (κ3) is 4.91. The quantitative estimate of drug-likeness (QED) is 0.858. The highest BCUT2D eigenvalue weighted by molar-refractivity contribution is 5.96. The number of carbonyl (C=O) groups is 2. The van der Waals surface area contributed by atoms with Crippen LogP contribution in [0.15, 0.2) is 42.5 Å². The second kappa shape index (κ2) is 8.24. The molecule has 0 spiro atoms. The van der Waals surface area contributed by atoms with Crippen molar-refractivity contribution in [2.45, 2.75) is 39.8 Å². The molecular formula is C19H23N3O2. The van der Waals surface area contributed by atoms with Crippen molar-refractivity contribution in [3.63, 3.8) is 0 Å². The minimum absolute atomic E-state index is 0.0679. The number of amides is 2. The predicted molar refractivity (Wildman–Crippen MR) is 93.8 cm³/mol. The Morgan fingerprint density at radius 1 is 1.04 bits per heavy atom. The smallest absolute Gasteiger partial charge is 0.270 e. The minimum atomic E-state index is -0.297. The van der Waals surface area contributed by atoms with Crippen LogP contribution in [0.3, 0.4) is 0 Å². The summed E-state index contributed by atoms with van der Waals surface area (Å²) in [5, 5.41) is 5.66. The van der Waals surface area contributed by atoms with E-state index < -0.39 is 0 Å². The van der Waals surface area contributed by atoms with Gasteiger partial charge in [-0.05, 0) is 38.0 Å². The lowest BCUT2D eigenvalue weighted by Gasteiger charge is -2.11. The summed E-state index contributed by atoms with van der Waals surface area (Å²) in [7, 11) is 0. The van der Waals surface area contributed by atoms with Crippen molar-refractivity contribution in [1.29, 1.82) is 0 Å². The van der Waals surface area contributed by atoms with Crippen LogP contribution in [0.2, 0.25) is 0 Å². The number of hydrogen-bond acceptors (Lipinski definition) is 3. The Labute approximate surface area is 142 Å². The highest BCUT2D eigenvalue weighted by Crippen LogP contribution is 2.04. The van der Waals surface area contributed by atoms with Crippen LogP contribution in [0.4, 0.5) is 0 Å². The van der Waals surface area contributed by atoms with Crippen LogP contribution < -0.4 is 10.6 Å². The zero-order valence-electron chi connectivity index (χ0n) is 14.3. The number of carbonyl (C=O) groups excluding carboxylic acids is 2. The molecule has 0 radical (unpaired) electrons. The Hall–Kier alpha value is -2.69. The monoisotopic (exact) mass is 325 g/mol. The van der Waals surface area contributed by atoms with Crippen molar-refractivity contribution < 1.29 is 9.59 Å². The second-order valence-electron chi connectivity index (χ2n) is 5.86. The normalized spacial score (nSPS) is 11.6. The van der Waals surface area contributed by atoms with Crippen LogP contribution in [-0.4, -0.2) is 22.8 Å². The lowest BCUT2D eigenvalue weighted by atomic mass is 10.1. The van der Waals surface area contributed by atoms with Gasteiger partial charge in [-0.25, -0.2) is 4.98 Å². The maximum atomic E-state index is 12.2. The molecule has 0 fully saturated rings. The van der Waals surface area contributed by atoms with E-state index in [4.69, 9.17) is 0 Å². The maximum absolute atomic E-state index is 12.2. The summed E-state index contributed by atoms with van der Waals surface area (Å²) in [5.41, 5.74) is 2.67. The van der Waals surface area contributed by atoms with Gasteiger partial charge in [-0.15, -0.1) is 0 Å². The van der Waals surface area contributed by atoms with E-state index in [0.29, 0.717) is 6.54 Å². The van der Waals surface area contributed by atoms with E-state index in [0.717, 1.165) is 12.0 Å². The van der Waals surface area contributed by atoms with Gasteiger partial charge in [0, 0.05) is 12.6 Å². The zero-order valence-corrected chi connectivity index (χ0v) is 14.3. The molecule has 1 heterocycles. The van der Waals surface area contributed by atoms with Gasteiger partial charge < -0.3 is 10.6 Å². The summed E-state index contributed by atoms with van der Waals surface area (Å²) in [6.45, 7) is 6.36. The molecule has 0 saturated carbocycles. The second-order valence-corrected chi connectivity index (χ2v) is 5.86. The molecule has 24 heavy (non-hydrogen) atoms. The lowest BCUT2D eigenvalue weighted by molar-refractivity contribution is 0.0933. The molecule has 0 aliphatic carbocycles. The summed E-state index contributed by atoms with van der Waals surface area (Å²) in [6, 6.07) is 12.9. The van der Waals surface area contributed by atoms with E-state index in [1.54, 1.807) is 18.2 Å². The van der Waals surface area contributed by atoms with Crippen molar-refractivity contribution in [3.05, 3.63) is 65.0 Å². The Bertz CT molecular complexity index is 711. The topological polar surface area (TPSA) is 71.1 Å². The Kier molecular flexibility index (Phi) is 6.07. The van der Waals surface area contributed by atoms with Crippen LogP contribution in [0, 0.1) is 6.92 Å². The maximum Gasteiger partial charge on any atom is 0.270 e. The molecule has 1 aromatic carbocycles. The third-order valence-corrected chi connectivity index (χ3v) is 3.78. The third-order valence-electron chi connectivity index (χ3n) is 3.78. The van der Waals surface area contributed by atoms with Gasteiger partial charge in [0.25, 0.3) is 11.8 Å². The first-order valence-corrected chi connectivity index (χ1v) is 8.11. The molecule has 2 N–H and O–H groups in total. The van der Waals surface area contributed by atoms with Crippen molar-refractivity contribution in [3.8, 4) is 0 Å². The molecule has 1 unspecified atom stereocenters. The molecule has 2 aromatic rings. The standard InChI is InChI=1S/C19H23N3O2/c1-4-14(3)21-19(24)17-7-5-6-16(22-17)18(23)20-12-15-10-8-13(2)9-11-15/h5-11,14H,4,12H2,1-3H3,(H,20,23)(H,21,24). The van der Waals surface area contributed by atoms with Crippen LogP contribution in [0.5, 0.6) is 0 Å². The van der Waals surface area contributed by atoms with Crippen LogP contribution in [-0.2, 0) is 6.54 Å². The summed E-state index contributed by atoms with van der Waals surface area (Å²) in [4.78, 5) is 28.5. The first-order chi connectivity index (χ1) is 11.5. The Morgan fingerprint density at radius 2 is 1.67 bits per heavy atom. The molecule has 1 atom stereocenters. The first kappa shape index (κ1) is 17.7. The zero-order chi connectivity index (χ0) is 17.5. The molecule has 5 nitrogen and oxygen atoms in total. The van der Waals surface area contributed by atoms with Crippen molar-refractivity contribution >= 4 is 11.8 Å². The summed E-state index contributed by atoms with van der Waals surface area (Å²) < 4.78 is 0. The van der Waals surface area contributed by atoms with Gasteiger partial charge in [0.05, 0.1) is 0 Å². The van der Waals surface area contributed by atoms with Crippen LogP contribution in [0.25, 0.3) is 0 Å². The Morgan fingerprint density at radius 3 is 2.29 bits per heavy atom. The van der Waals surface area contributed by atoms with Gasteiger partial charge in [0.1, 0.15) is 11.4 Å². The van der Waals surface area contributed by atoms with E-state index in [-0.39, 0.29) is 29.2 Å². The largest absolute Gasteiger partial charge is 0.348 e. The van der Waals surface area contributed by atoms with Crippen molar-refractivity contribution in [1.82, 2.24) is 15.6 Å². The molecule has 1 aromatic heterocycles. The van der Waals surface area contributed by atoms with Gasteiger partial charge in [-0.2, -0.15) is 0 Å². The average molecular weight is 325 g/mol. The molecule has 0 aliphatic heterocycles. The molecule has 126 valence electrons. The number of benzene rings is 1. The summed E-state index contributed by atoms with van der Waals surface area (Å²) >= 11 is 0. The number of nitrogens with one attached hydrogen (secondary N) is 2. The highest BCUT2D eigenvalue weighted by Gasteiger charge is 2.13. The predicted octanol–water partition coefficient (Wildman–Crippen LogP) is 2.85. The highest BCUT2D eigenvalue weighted by atomic mass is 16.2. The molecule has 0 bridgehead atoms. The first-order valence-electron chi connectivity index (χ1n) is 8.11. The van der Waals surface area contributed by atoms with E-state index in [1.807, 2.05) is 45.0 Å². The average Bonchev–Trinajstić information content (AvgIpc) is 2.60. The molecule has 0 aliphatic rings. The Balaban J connectivity index is 2.00. The fourth-order valence-corrected chi connectivity index (χ4v) is 2.07. The van der Waals surface area contributed by atoms with E-state index in [9.17, 15) is 9.59 Å². The fraction of sp³-hybridized carbons (Fsp3) is 0.316. The minimum Gasteiger partial charge on any atom is -0.348 e. The summed E-state index contributed by atoms with van der Waals surface area (Å²) in [6.07, 6.45) is 0.836. The van der Waals surface area contributed by atoms with Crippen LogP contribution in [0.1, 0.15) is 52.4 Å². The number of hydrogen-bond donors (Lipinski definition) is 2. The van der Waals surface area contributed by atoms with E-state index in [1.165, 1.54) is 5.56 Å². The summed E-state index contributed by atoms with van der Waals surface area (Å²) in [5.74, 6) is -0.564. The van der Waals surface area contributed by atoms with Gasteiger partial charge in [-0.3, -0.25) is 9.59 Å². The van der Waals surface area contributed by atoms with Crippen molar-refractivity contribution in [2.75, 3.05) is 0 Å². The fourth-order valence-electron chi connectivity index (χ4n) is 2.07. The van der Waals surface area contributed by atoms with Gasteiger partial charge in [0.15, 0.2) is 0 Å². The van der Waals surface area contributed by atoms with Crippen molar-refractivity contribution in [2.24, 2.45) is 0 Å². The number of nitrogens with zero attached hydrogens (tertiary/aromatic N) is 1. The SMILES string of the molecule is CCC(C)NC(=O)c1cccc(C(=O)NCc2ccc(C)cc2)n1. The molecular weight excluding hydrogens is 302 g/mol. The van der Waals surface area contributed by atoms with Gasteiger partial charge >= 0.3 is 0 Å². The van der Waals surface area contributed by atoms with Crippen LogP contribution >= 0.6 is 0 Å². The molecule has 0 saturated heterocycles. The molecule has 2 rings (SSSR count). The number of pyridine rings is 1. The number of rotatable bonds is 6.